The maximum atomic E-state index is 15.3. The predicted octanol–water partition coefficient (Wildman–Crippen LogP) is 4.61. The van der Waals surface area contributed by atoms with Crippen molar-refractivity contribution in [2.75, 3.05) is 5.32 Å². The Morgan fingerprint density at radius 3 is 2.52 bits per heavy atom. The summed E-state index contributed by atoms with van der Waals surface area (Å²) in [6.45, 7) is 7.92. The standard InChI is InChI=1S/C37H39F2N7O3S.2ClH/c1-5-30(6-2)41-19-28-9-7-8-10-33(28)44-36(47)49-25(4)45-22-42-46(23-45)21-37(48,31-17-29(38)15-16-32(31)39)24(3)35-43-34(20-50-35)27-13-11-26(18-40)12-14-27;;/h7-17,20,22-25,30,41,48H,5-6,19,21H2,1-4H3;2*1H. The molecule has 0 fully saturated rings. The number of hydrogen-bond acceptors (Lipinski definition) is 8. The van der Waals surface area contributed by atoms with Gasteiger partial charge in [0.25, 0.3) is 6.33 Å². The molecule has 2 heterocycles. The summed E-state index contributed by atoms with van der Waals surface area (Å²) >= 11 is 1.27. The van der Waals surface area contributed by atoms with Crippen molar-refractivity contribution in [3.8, 4) is 17.3 Å². The van der Waals surface area contributed by atoms with Gasteiger partial charge in [-0.25, -0.2) is 18.6 Å². The molecule has 3 atom stereocenters. The molecule has 276 valence electrons. The SMILES string of the molecule is CCC(CC)NCc1ccccc1NC(=O)OC(C)[n+]1cnn(CC(O)(c2cc(F)ccc2F)C(C)c2nc(-c3ccc(C#N)cc3)cs2)c1.Cl.[Cl-]. The van der Waals surface area contributed by atoms with E-state index in [1.165, 1.54) is 33.2 Å². The van der Waals surface area contributed by atoms with Gasteiger partial charge in [0.1, 0.15) is 23.8 Å². The second-order valence-electron chi connectivity index (χ2n) is 12.1. The molecular weight excluding hydrogens is 731 g/mol. The molecule has 15 heteroatoms. The van der Waals surface area contributed by atoms with Crippen LogP contribution >= 0.6 is 23.7 Å². The fourth-order valence-electron chi connectivity index (χ4n) is 5.66. The molecule has 3 aromatic carbocycles. The Morgan fingerprint density at radius 1 is 1.12 bits per heavy atom. The Balaban J connectivity index is 0.00000364. The highest BCUT2D eigenvalue weighted by Gasteiger charge is 2.43. The Bertz CT molecular complexity index is 1970. The number of carbonyl (C=O) groups is 1. The molecule has 5 rings (SSSR count). The molecule has 3 unspecified atom stereocenters. The van der Waals surface area contributed by atoms with Crippen LogP contribution in [0.15, 0.2) is 84.8 Å². The monoisotopic (exact) mass is 771 g/mol. The summed E-state index contributed by atoms with van der Waals surface area (Å²) in [5, 5.41) is 34.4. The number of amides is 1. The molecule has 1 amide bonds. The van der Waals surface area contributed by atoms with Crippen LogP contribution in [0.1, 0.15) is 74.4 Å². The van der Waals surface area contributed by atoms with Gasteiger partial charge in [0.2, 0.25) is 12.6 Å². The van der Waals surface area contributed by atoms with Crippen LogP contribution in [0.5, 0.6) is 0 Å². The van der Waals surface area contributed by atoms with E-state index in [1.807, 2.05) is 29.6 Å². The van der Waals surface area contributed by atoms with E-state index in [9.17, 15) is 14.3 Å². The minimum Gasteiger partial charge on any atom is -1.00 e. The first-order valence-electron chi connectivity index (χ1n) is 16.4. The van der Waals surface area contributed by atoms with Gasteiger partial charge in [0.15, 0.2) is 0 Å². The third-order valence-electron chi connectivity index (χ3n) is 8.83. The van der Waals surface area contributed by atoms with E-state index in [4.69, 9.17) is 15.0 Å². The van der Waals surface area contributed by atoms with Gasteiger partial charge in [0, 0.05) is 52.7 Å². The first-order chi connectivity index (χ1) is 24.0. The summed E-state index contributed by atoms with van der Waals surface area (Å²) in [7, 11) is 0. The van der Waals surface area contributed by atoms with Gasteiger partial charge < -0.3 is 27.6 Å². The Labute approximate surface area is 318 Å². The van der Waals surface area contributed by atoms with Crippen LogP contribution in [0.3, 0.4) is 0 Å². The smallest absolute Gasteiger partial charge is 0.414 e. The second kappa shape index (κ2) is 18.9. The number of thiazole rings is 1. The first-order valence-corrected chi connectivity index (χ1v) is 17.3. The number of halogens is 4. The van der Waals surface area contributed by atoms with Crippen molar-refractivity contribution in [2.24, 2.45) is 0 Å². The summed E-state index contributed by atoms with van der Waals surface area (Å²) in [5.41, 5.74) is 1.21. The molecule has 0 aliphatic rings. The van der Waals surface area contributed by atoms with Crippen LogP contribution in [-0.4, -0.2) is 32.0 Å². The first kappa shape index (κ1) is 42.0. The molecule has 0 spiro atoms. The van der Waals surface area contributed by atoms with E-state index in [-0.39, 0.29) is 36.9 Å². The highest BCUT2D eigenvalue weighted by atomic mass is 35.5. The molecule has 3 N–H and O–H groups in total. The lowest BCUT2D eigenvalue weighted by Gasteiger charge is -2.32. The van der Waals surface area contributed by atoms with Crippen molar-refractivity contribution in [2.45, 2.75) is 77.4 Å². The molecule has 0 aliphatic carbocycles. The highest BCUT2D eigenvalue weighted by molar-refractivity contribution is 7.10. The van der Waals surface area contributed by atoms with Gasteiger partial charge in [-0.15, -0.1) is 28.4 Å². The zero-order valence-electron chi connectivity index (χ0n) is 29.1. The zero-order valence-corrected chi connectivity index (χ0v) is 31.5. The minimum atomic E-state index is -2.00. The number of carbonyl (C=O) groups excluding carboxylic acids is 1. The molecule has 0 radical (unpaired) electrons. The molecule has 5 aromatic rings. The molecule has 0 aliphatic heterocycles. The van der Waals surface area contributed by atoms with Gasteiger partial charge in [-0.05, 0) is 54.8 Å². The molecule has 2 aromatic heterocycles. The number of anilines is 1. The van der Waals surface area contributed by atoms with Gasteiger partial charge in [-0.3, -0.25) is 5.32 Å². The summed E-state index contributed by atoms with van der Waals surface area (Å²) < 4.78 is 38.4. The molecule has 0 bridgehead atoms. The average Bonchev–Trinajstić information content (AvgIpc) is 3.81. The normalized spacial score (nSPS) is 13.2. The van der Waals surface area contributed by atoms with Crippen LogP contribution in [0.2, 0.25) is 0 Å². The zero-order chi connectivity index (χ0) is 35.8. The maximum Gasteiger partial charge on any atom is 0.414 e. The minimum absolute atomic E-state index is 0. The summed E-state index contributed by atoms with van der Waals surface area (Å²) in [5.74, 6) is -2.30. The van der Waals surface area contributed by atoms with E-state index >= 15 is 4.39 Å². The number of benzene rings is 3. The Kier molecular flexibility index (Phi) is 15.2. The number of nitrogens with one attached hydrogen (secondary N) is 2. The number of aliphatic hydroxyl groups is 1. The average molecular weight is 773 g/mol. The Morgan fingerprint density at radius 2 is 1.83 bits per heavy atom. The van der Waals surface area contributed by atoms with Crippen LogP contribution in [0.4, 0.5) is 19.3 Å². The number of hydrogen-bond donors (Lipinski definition) is 3. The lowest BCUT2D eigenvalue weighted by molar-refractivity contribution is -0.753. The summed E-state index contributed by atoms with van der Waals surface area (Å²) in [6, 6.07) is 19.8. The fourth-order valence-corrected chi connectivity index (χ4v) is 6.63. The van der Waals surface area contributed by atoms with Gasteiger partial charge in [0.05, 0.1) is 22.3 Å². The van der Waals surface area contributed by atoms with Gasteiger partial charge in [-0.1, -0.05) is 51.1 Å². The van der Waals surface area contributed by atoms with E-state index < -0.39 is 35.5 Å². The van der Waals surface area contributed by atoms with Crippen LogP contribution < -0.4 is 27.6 Å². The third kappa shape index (κ3) is 9.90. The van der Waals surface area contributed by atoms with Gasteiger partial charge >= 0.3 is 6.09 Å². The lowest BCUT2D eigenvalue weighted by Crippen LogP contribution is -3.00. The molecule has 0 saturated carbocycles. The molecule has 10 nitrogen and oxygen atoms in total. The predicted molar refractivity (Wildman–Crippen MR) is 193 cm³/mol. The molecular formula is C37H41Cl2F2N7O3S. The highest BCUT2D eigenvalue weighted by Crippen LogP contribution is 2.41. The Hall–Kier alpha value is -4.45. The topological polar surface area (TPSA) is 129 Å². The second-order valence-corrected chi connectivity index (χ2v) is 13.0. The maximum absolute atomic E-state index is 15.3. The quantitative estimate of drug-likeness (QED) is 0.141. The summed E-state index contributed by atoms with van der Waals surface area (Å²) in [6.07, 6.45) is 3.46. The number of nitriles is 1. The van der Waals surface area contributed by atoms with Crippen molar-refractivity contribution in [1.29, 1.82) is 5.26 Å². The largest absolute Gasteiger partial charge is 1.00 e. The third-order valence-corrected chi connectivity index (χ3v) is 9.86. The van der Waals surface area contributed by atoms with Crippen molar-refractivity contribution in [3.05, 3.63) is 118 Å². The van der Waals surface area contributed by atoms with E-state index in [0.717, 1.165) is 42.2 Å². The number of aromatic nitrogens is 4. The summed E-state index contributed by atoms with van der Waals surface area (Å²) in [4.78, 5) is 17.7. The number of para-hydroxylation sites is 1. The number of ether oxygens (including phenoxy) is 1. The van der Waals surface area contributed by atoms with Crippen LogP contribution in [0.25, 0.3) is 11.3 Å². The molecule has 52 heavy (non-hydrogen) atoms. The van der Waals surface area contributed by atoms with Crippen LogP contribution in [-0.2, 0) is 23.4 Å². The fraction of sp³-hybridized carbons (Fsp3) is 0.324. The molecule has 0 saturated heterocycles. The number of nitrogens with zero attached hydrogens (tertiary/aromatic N) is 5. The van der Waals surface area contributed by atoms with Crippen molar-refractivity contribution >= 4 is 35.5 Å². The van der Waals surface area contributed by atoms with Crippen molar-refractivity contribution < 1.29 is 40.4 Å². The van der Waals surface area contributed by atoms with Gasteiger partial charge in [-0.2, -0.15) is 9.83 Å². The van der Waals surface area contributed by atoms with E-state index in [2.05, 4.69) is 35.6 Å². The number of rotatable bonds is 14. The lowest BCUT2D eigenvalue weighted by atomic mass is 9.82. The van der Waals surface area contributed by atoms with Crippen molar-refractivity contribution in [3.63, 3.8) is 0 Å². The van der Waals surface area contributed by atoms with E-state index in [0.29, 0.717) is 34.5 Å². The van der Waals surface area contributed by atoms with E-state index in [1.54, 1.807) is 38.1 Å². The van der Waals surface area contributed by atoms with Crippen LogP contribution in [0, 0.1) is 23.0 Å². The van der Waals surface area contributed by atoms with Crippen molar-refractivity contribution in [1.82, 2.24) is 20.1 Å².